The van der Waals surface area contributed by atoms with Gasteiger partial charge in [-0.3, -0.25) is 4.90 Å². The number of aliphatic hydroxyl groups is 2. The first-order chi connectivity index (χ1) is 12.2. The lowest BCUT2D eigenvalue weighted by molar-refractivity contribution is 0.0493. The number of nitrogens with zero attached hydrogens (tertiary/aromatic N) is 3. The van der Waals surface area contributed by atoms with Crippen LogP contribution in [0.4, 0.5) is 10.9 Å². The van der Waals surface area contributed by atoms with Crippen LogP contribution >= 0.6 is 11.3 Å². The lowest BCUT2D eigenvalue weighted by Gasteiger charge is -2.36. The van der Waals surface area contributed by atoms with Crippen LogP contribution in [-0.2, 0) is 6.42 Å². The molecular weight excluding hydrogens is 336 g/mol. The van der Waals surface area contributed by atoms with Crippen LogP contribution in [0.5, 0.6) is 0 Å². The van der Waals surface area contributed by atoms with Crippen LogP contribution in [0.1, 0.15) is 24.2 Å². The van der Waals surface area contributed by atoms with Gasteiger partial charge in [0.1, 0.15) is 5.82 Å². The van der Waals surface area contributed by atoms with Gasteiger partial charge in [-0.05, 0) is 57.3 Å². The van der Waals surface area contributed by atoms with E-state index < -0.39 is 0 Å². The minimum absolute atomic E-state index is 0.0205. The normalized spacial score (nSPS) is 16.5. The Bertz CT molecular complexity index is 667. The minimum Gasteiger partial charge on any atom is -0.395 e. The van der Waals surface area contributed by atoms with E-state index in [9.17, 15) is 10.2 Å². The summed E-state index contributed by atoms with van der Waals surface area (Å²) in [6.45, 7) is 3.87. The number of hydrogen-bond donors (Lipinski definition) is 3. The van der Waals surface area contributed by atoms with E-state index in [1.165, 1.54) is 0 Å². The second kappa shape index (κ2) is 8.71. The highest BCUT2D eigenvalue weighted by molar-refractivity contribution is 7.13. The van der Waals surface area contributed by atoms with Crippen LogP contribution in [-0.4, -0.2) is 57.4 Å². The maximum Gasteiger partial charge on any atom is 0.188 e. The quantitative estimate of drug-likeness (QED) is 0.701. The summed E-state index contributed by atoms with van der Waals surface area (Å²) in [5, 5.41) is 24.8. The summed E-state index contributed by atoms with van der Waals surface area (Å²) in [5.41, 5.74) is 2.11. The van der Waals surface area contributed by atoms with Crippen molar-refractivity contribution >= 4 is 22.3 Å². The van der Waals surface area contributed by atoms with Crippen molar-refractivity contribution in [3.05, 3.63) is 35.0 Å². The minimum atomic E-state index is -0.117. The molecule has 3 N–H and O–H groups in total. The number of likely N-dealkylation sites (tertiary alicyclic amines) is 1. The number of piperidine rings is 1. The van der Waals surface area contributed by atoms with Crippen LogP contribution in [0.25, 0.3) is 0 Å². The fourth-order valence-electron chi connectivity index (χ4n) is 3.29. The first-order valence-corrected chi connectivity index (χ1v) is 9.66. The average molecular weight is 362 g/mol. The van der Waals surface area contributed by atoms with Gasteiger partial charge in [-0.2, -0.15) is 0 Å². The fraction of sp³-hybridized carbons (Fsp3) is 0.556. The molecule has 136 valence electrons. The molecule has 0 saturated carbocycles. The van der Waals surface area contributed by atoms with Gasteiger partial charge in [0.2, 0.25) is 0 Å². The van der Waals surface area contributed by atoms with Gasteiger partial charge in [-0.25, -0.2) is 9.97 Å². The third kappa shape index (κ3) is 4.98. The van der Waals surface area contributed by atoms with Crippen molar-refractivity contribution in [3.63, 3.8) is 0 Å². The predicted octanol–water partition coefficient (Wildman–Crippen LogP) is 2.20. The molecular formula is C18H26N4O2S. The summed E-state index contributed by atoms with van der Waals surface area (Å²) in [6, 6.07) is 5.96. The molecule has 0 spiro atoms. The molecule has 25 heavy (non-hydrogen) atoms. The van der Waals surface area contributed by atoms with Crippen molar-refractivity contribution in [2.75, 3.05) is 31.6 Å². The smallest absolute Gasteiger partial charge is 0.188 e. The van der Waals surface area contributed by atoms with Crippen molar-refractivity contribution in [2.24, 2.45) is 5.92 Å². The molecule has 7 heteroatoms. The summed E-state index contributed by atoms with van der Waals surface area (Å²) in [7, 11) is 0. The van der Waals surface area contributed by atoms with Crippen LogP contribution in [0.15, 0.2) is 23.6 Å². The van der Waals surface area contributed by atoms with E-state index in [0.717, 1.165) is 54.7 Å². The number of hydrogen-bond acceptors (Lipinski definition) is 7. The molecule has 2 aromatic rings. The Hall–Kier alpha value is -1.54. The number of rotatable bonds is 7. The Morgan fingerprint density at radius 2 is 2.00 bits per heavy atom. The maximum atomic E-state index is 9.31. The monoisotopic (exact) mass is 362 g/mol. The van der Waals surface area contributed by atoms with Gasteiger partial charge in [-0.15, -0.1) is 11.3 Å². The molecule has 1 aliphatic heterocycles. The number of thiazole rings is 1. The van der Waals surface area contributed by atoms with Gasteiger partial charge < -0.3 is 15.5 Å². The summed E-state index contributed by atoms with van der Waals surface area (Å²) in [4.78, 5) is 11.3. The molecule has 0 bridgehead atoms. The number of aromatic nitrogens is 2. The van der Waals surface area contributed by atoms with E-state index >= 15 is 0 Å². The first-order valence-electron chi connectivity index (χ1n) is 8.78. The molecule has 3 rings (SSSR count). The molecule has 6 nitrogen and oxygen atoms in total. The van der Waals surface area contributed by atoms with Gasteiger partial charge in [-0.1, -0.05) is 6.07 Å². The molecule has 0 amide bonds. The number of aliphatic hydroxyl groups excluding tert-OH is 2. The molecule has 0 aromatic carbocycles. The van der Waals surface area contributed by atoms with E-state index in [1.807, 2.05) is 24.4 Å². The van der Waals surface area contributed by atoms with E-state index in [0.29, 0.717) is 5.92 Å². The molecule has 1 aliphatic rings. The third-order valence-electron chi connectivity index (χ3n) is 4.75. The molecule has 0 unspecified atom stereocenters. The van der Waals surface area contributed by atoms with Gasteiger partial charge in [0.15, 0.2) is 5.13 Å². The first kappa shape index (κ1) is 18.3. The van der Waals surface area contributed by atoms with Gasteiger partial charge >= 0.3 is 0 Å². The van der Waals surface area contributed by atoms with Gasteiger partial charge in [0.25, 0.3) is 0 Å². The molecule has 1 fully saturated rings. The number of nitrogens with one attached hydrogen (secondary N) is 1. The Balaban J connectivity index is 1.54. The van der Waals surface area contributed by atoms with E-state index in [1.54, 1.807) is 11.3 Å². The Morgan fingerprint density at radius 1 is 1.24 bits per heavy atom. The Kier molecular flexibility index (Phi) is 6.36. The number of anilines is 2. The summed E-state index contributed by atoms with van der Waals surface area (Å²) in [5.74, 6) is 1.43. The molecule has 3 heterocycles. The summed E-state index contributed by atoms with van der Waals surface area (Å²) in [6.07, 6.45) is 3.10. The van der Waals surface area contributed by atoms with Crippen molar-refractivity contribution in [3.8, 4) is 0 Å². The van der Waals surface area contributed by atoms with Crippen LogP contribution < -0.4 is 5.32 Å². The van der Waals surface area contributed by atoms with Gasteiger partial charge in [0, 0.05) is 11.1 Å². The van der Waals surface area contributed by atoms with Crippen LogP contribution in [0, 0.1) is 12.8 Å². The molecule has 0 radical (unpaired) electrons. The van der Waals surface area contributed by atoms with E-state index in [2.05, 4.69) is 21.3 Å². The lowest BCUT2D eigenvalue weighted by Crippen LogP contribution is -2.45. The van der Waals surface area contributed by atoms with Crippen molar-refractivity contribution < 1.29 is 10.2 Å². The summed E-state index contributed by atoms with van der Waals surface area (Å²) >= 11 is 1.58. The van der Waals surface area contributed by atoms with Crippen molar-refractivity contribution in [1.82, 2.24) is 14.9 Å². The Morgan fingerprint density at radius 3 is 2.64 bits per heavy atom. The highest BCUT2D eigenvalue weighted by Gasteiger charge is 2.24. The van der Waals surface area contributed by atoms with Crippen molar-refractivity contribution in [1.29, 1.82) is 0 Å². The largest absolute Gasteiger partial charge is 0.395 e. The van der Waals surface area contributed by atoms with Crippen molar-refractivity contribution in [2.45, 2.75) is 32.2 Å². The second-order valence-electron chi connectivity index (χ2n) is 6.64. The number of pyridine rings is 1. The zero-order valence-electron chi connectivity index (χ0n) is 14.6. The topological polar surface area (TPSA) is 81.5 Å². The van der Waals surface area contributed by atoms with Crippen LogP contribution in [0.3, 0.4) is 0 Å². The predicted molar refractivity (Wildman–Crippen MR) is 100 cm³/mol. The molecule has 1 saturated heterocycles. The average Bonchev–Trinajstić information content (AvgIpc) is 3.02. The van der Waals surface area contributed by atoms with Gasteiger partial charge in [0.05, 0.1) is 24.9 Å². The lowest BCUT2D eigenvalue weighted by atomic mass is 9.91. The van der Waals surface area contributed by atoms with E-state index in [-0.39, 0.29) is 19.3 Å². The maximum absolute atomic E-state index is 9.31. The Labute approximate surface area is 152 Å². The highest BCUT2D eigenvalue weighted by atomic mass is 32.1. The standard InChI is InChI=1S/C18H26N4O2S/c1-13-12-25-18(19-13)21-17-4-2-3-15(20-17)9-14-5-7-22(8-6-14)16(10-23)11-24/h2-4,12,14,16,23-24H,5-11H2,1H3,(H,19,20,21). The summed E-state index contributed by atoms with van der Waals surface area (Å²) < 4.78 is 0. The zero-order chi connectivity index (χ0) is 17.6. The molecule has 0 atom stereocenters. The van der Waals surface area contributed by atoms with E-state index in [4.69, 9.17) is 4.98 Å². The zero-order valence-corrected chi connectivity index (χ0v) is 15.4. The highest BCUT2D eigenvalue weighted by Crippen LogP contribution is 2.24. The third-order valence-corrected chi connectivity index (χ3v) is 5.62. The molecule has 2 aromatic heterocycles. The SMILES string of the molecule is Cc1csc(Nc2cccc(CC3CCN(C(CO)CO)CC3)n2)n1. The second-order valence-corrected chi connectivity index (χ2v) is 7.49. The fourth-order valence-corrected chi connectivity index (χ4v) is 3.99. The van der Waals surface area contributed by atoms with Crippen LogP contribution in [0.2, 0.25) is 0 Å². The number of aryl methyl sites for hydroxylation is 1. The molecule has 0 aliphatic carbocycles.